The molecule has 1 heterocycles. The number of carbonyl (C=O) groups excluding carboxylic acids is 3. The fourth-order valence-corrected chi connectivity index (χ4v) is 1.98. The lowest BCUT2D eigenvalue weighted by molar-refractivity contribution is -0.137. The standard InChI is InChI=1S/C17H14F3NO6/c1-9(14(22)21-16(24)25-2)26-15(23)13-7-6-12(27-13)10-4-3-5-11(8-10)17(18,19)20/h3-9H,1-2H3,(H,21,22,24)/t9-/m0/s1. The van der Waals surface area contributed by atoms with Crippen molar-refractivity contribution in [3.63, 3.8) is 0 Å². The number of carbonyl (C=O) groups is 3. The Balaban J connectivity index is 2.10. The molecule has 0 radical (unpaired) electrons. The van der Waals surface area contributed by atoms with Gasteiger partial charge in [-0.2, -0.15) is 13.2 Å². The normalized spacial score (nSPS) is 12.2. The molecule has 1 aromatic carbocycles. The van der Waals surface area contributed by atoms with Crippen molar-refractivity contribution in [3.8, 4) is 11.3 Å². The number of benzene rings is 1. The molecule has 0 unspecified atom stereocenters. The van der Waals surface area contributed by atoms with Crippen molar-refractivity contribution in [1.29, 1.82) is 0 Å². The van der Waals surface area contributed by atoms with E-state index in [4.69, 9.17) is 9.15 Å². The van der Waals surface area contributed by atoms with Crippen molar-refractivity contribution in [1.82, 2.24) is 5.32 Å². The summed E-state index contributed by atoms with van der Waals surface area (Å²) in [6.45, 7) is 1.22. The van der Waals surface area contributed by atoms with Gasteiger partial charge in [-0.1, -0.05) is 12.1 Å². The van der Waals surface area contributed by atoms with Gasteiger partial charge in [-0.15, -0.1) is 0 Å². The number of nitrogens with one attached hydrogen (secondary N) is 1. The Bertz CT molecular complexity index is 858. The number of hydrogen-bond donors (Lipinski definition) is 1. The average Bonchev–Trinajstić information content (AvgIpc) is 3.11. The molecular weight excluding hydrogens is 371 g/mol. The van der Waals surface area contributed by atoms with Gasteiger partial charge in [0.25, 0.3) is 5.91 Å². The number of imide groups is 1. The molecule has 0 aliphatic carbocycles. The minimum atomic E-state index is -4.52. The maximum atomic E-state index is 12.8. The number of alkyl halides is 3. The second kappa shape index (κ2) is 7.94. The van der Waals surface area contributed by atoms with Gasteiger partial charge < -0.3 is 13.9 Å². The summed E-state index contributed by atoms with van der Waals surface area (Å²) in [4.78, 5) is 34.6. The number of esters is 1. The summed E-state index contributed by atoms with van der Waals surface area (Å²) in [5.41, 5.74) is -0.756. The Morgan fingerprint density at radius 1 is 1.15 bits per heavy atom. The summed E-state index contributed by atoms with van der Waals surface area (Å²) in [5, 5.41) is 1.82. The largest absolute Gasteiger partial charge is 0.453 e. The lowest BCUT2D eigenvalue weighted by Gasteiger charge is -2.11. The van der Waals surface area contributed by atoms with Crippen LogP contribution in [0, 0.1) is 0 Å². The van der Waals surface area contributed by atoms with E-state index < -0.39 is 35.8 Å². The van der Waals surface area contributed by atoms with Crippen molar-refractivity contribution >= 4 is 18.0 Å². The molecule has 10 heteroatoms. The molecule has 0 saturated heterocycles. The second-order valence-corrected chi connectivity index (χ2v) is 5.27. The molecule has 0 bridgehead atoms. The molecule has 0 aliphatic rings. The van der Waals surface area contributed by atoms with Crippen LogP contribution in [-0.4, -0.2) is 31.2 Å². The van der Waals surface area contributed by atoms with Gasteiger partial charge in [0.2, 0.25) is 5.76 Å². The Morgan fingerprint density at radius 3 is 2.48 bits per heavy atom. The van der Waals surface area contributed by atoms with Crippen LogP contribution in [-0.2, 0) is 20.4 Å². The van der Waals surface area contributed by atoms with Crippen LogP contribution < -0.4 is 5.32 Å². The summed E-state index contributed by atoms with van der Waals surface area (Å²) in [6, 6.07) is 6.87. The Morgan fingerprint density at radius 2 is 1.85 bits per heavy atom. The molecule has 0 saturated carbocycles. The summed E-state index contributed by atoms with van der Waals surface area (Å²) in [7, 11) is 1.05. The van der Waals surface area contributed by atoms with Gasteiger partial charge in [0.1, 0.15) is 5.76 Å². The number of methoxy groups -OCH3 is 1. The van der Waals surface area contributed by atoms with Gasteiger partial charge in [0.15, 0.2) is 6.10 Å². The van der Waals surface area contributed by atoms with Crippen molar-refractivity contribution < 1.29 is 41.4 Å². The minimum absolute atomic E-state index is 0.0136. The Hall–Kier alpha value is -3.30. The molecule has 144 valence electrons. The number of halogens is 3. The van der Waals surface area contributed by atoms with E-state index in [0.29, 0.717) is 0 Å². The molecular formula is C17H14F3NO6. The van der Waals surface area contributed by atoms with E-state index in [1.165, 1.54) is 31.2 Å². The number of furan rings is 1. The highest BCUT2D eigenvalue weighted by Gasteiger charge is 2.31. The van der Waals surface area contributed by atoms with E-state index in [9.17, 15) is 27.6 Å². The summed E-state index contributed by atoms with van der Waals surface area (Å²) in [5.74, 6) is -2.25. The van der Waals surface area contributed by atoms with Crippen LogP contribution in [0.4, 0.5) is 18.0 Å². The van der Waals surface area contributed by atoms with E-state index in [1.54, 1.807) is 0 Å². The first-order chi connectivity index (χ1) is 12.6. The van der Waals surface area contributed by atoms with Gasteiger partial charge in [-0.05, 0) is 31.2 Å². The molecule has 1 N–H and O–H groups in total. The monoisotopic (exact) mass is 385 g/mol. The highest BCUT2D eigenvalue weighted by molar-refractivity contribution is 5.96. The van der Waals surface area contributed by atoms with Crippen molar-refractivity contribution in [2.45, 2.75) is 19.2 Å². The third-order valence-electron chi connectivity index (χ3n) is 3.35. The molecule has 1 atom stereocenters. The summed E-state index contributed by atoms with van der Waals surface area (Å²) >= 11 is 0. The topological polar surface area (TPSA) is 94.8 Å². The zero-order valence-corrected chi connectivity index (χ0v) is 14.1. The highest BCUT2D eigenvalue weighted by atomic mass is 19.4. The highest BCUT2D eigenvalue weighted by Crippen LogP contribution is 2.32. The molecule has 0 spiro atoms. The van der Waals surface area contributed by atoms with Gasteiger partial charge in [-0.3, -0.25) is 10.1 Å². The van der Waals surface area contributed by atoms with Crippen molar-refractivity contribution in [3.05, 3.63) is 47.7 Å². The lowest BCUT2D eigenvalue weighted by Crippen LogP contribution is -2.39. The van der Waals surface area contributed by atoms with Crippen LogP contribution in [0.25, 0.3) is 11.3 Å². The van der Waals surface area contributed by atoms with E-state index >= 15 is 0 Å². The third kappa shape index (κ3) is 5.09. The minimum Gasteiger partial charge on any atom is -0.453 e. The predicted octanol–water partition coefficient (Wildman–Crippen LogP) is 3.39. The molecule has 0 fully saturated rings. The van der Waals surface area contributed by atoms with Crippen molar-refractivity contribution in [2.24, 2.45) is 0 Å². The third-order valence-corrected chi connectivity index (χ3v) is 3.35. The zero-order valence-electron chi connectivity index (χ0n) is 14.1. The van der Waals surface area contributed by atoms with Gasteiger partial charge in [0.05, 0.1) is 12.7 Å². The first-order valence-electron chi connectivity index (χ1n) is 7.49. The number of rotatable bonds is 4. The molecule has 2 rings (SSSR count). The van der Waals surface area contributed by atoms with Gasteiger partial charge >= 0.3 is 18.2 Å². The number of amides is 2. The number of ether oxygens (including phenoxy) is 2. The van der Waals surface area contributed by atoms with Crippen LogP contribution >= 0.6 is 0 Å². The molecule has 1 aromatic heterocycles. The first-order valence-corrected chi connectivity index (χ1v) is 7.49. The summed E-state index contributed by atoms with van der Waals surface area (Å²) in [6.07, 6.45) is -6.88. The fourth-order valence-electron chi connectivity index (χ4n) is 1.98. The molecule has 7 nitrogen and oxygen atoms in total. The fraction of sp³-hybridized carbons (Fsp3) is 0.235. The van der Waals surface area contributed by atoms with E-state index in [1.807, 2.05) is 5.32 Å². The second-order valence-electron chi connectivity index (χ2n) is 5.27. The summed E-state index contributed by atoms with van der Waals surface area (Å²) < 4.78 is 52.6. The first kappa shape index (κ1) is 20.0. The van der Waals surface area contributed by atoms with Gasteiger partial charge in [-0.25, -0.2) is 9.59 Å². The van der Waals surface area contributed by atoms with Gasteiger partial charge in [0, 0.05) is 5.56 Å². The SMILES string of the molecule is COC(=O)NC(=O)[C@H](C)OC(=O)c1ccc(-c2cccc(C(F)(F)F)c2)o1. The Kier molecular flexibility index (Phi) is 5.88. The molecule has 27 heavy (non-hydrogen) atoms. The van der Waals surface area contributed by atoms with E-state index in [2.05, 4.69) is 4.74 Å². The van der Waals surface area contributed by atoms with Crippen LogP contribution in [0.5, 0.6) is 0 Å². The lowest BCUT2D eigenvalue weighted by atomic mass is 10.1. The smallest absolute Gasteiger partial charge is 0.416 e. The van der Waals surface area contributed by atoms with Crippen LogP contribution in [0.1, 0.15) is 23.0 Å². The van der Waals surface area contributed by atoms with Crippen LogP contribution in [0.15, 0.2) is 40.8 Å². The van der Waals surface area contributed by atoms with Crippen molar-refractivity contribution in [2.75, 3.05) is 7.11 Å². The average molecular weight is 385 g/mol. The van der Waals surface area contributed by atoms with E-state index in [-0.39, 0.29) is 17.1 Å². The molecule has 2 amide bonds. The molecule has 0 aliphatic heterocycles. The molecule has 2 aromatic rings. The van der Waals surface area contributed by atoms with Crippen LogP contribution in [0.3, 0.4) is 0 Å². The van der Waals surface area contributed by atoms with Crippen LogP contribution in [0.2, 0.25) is 0 Å². The number of hydrogen-bond acceptors (Lipinski definition) is 6. The quantitative estimate of drug-likeness (QED) is 0.811. The van der Waals surface area contributed by atoms with E-state index in [0.717, 1.165) is 19.2 Å². The zero-order chi connectivity index (χ0) is 20.2. The maximum absolute atomic E-state index is 12.8. The number of alkyl carbamates (subject to hydrolysis) is 1. The maximum Gasteiger partial charge on any atom is 0.416 e. The Labute approximate surface area is 151 Å². The predicted molar refractivity (Wildman–Crippen MR) is 84.6 cm³/mol.